The van der Waals surface area contributed by atoms with Gasteiger partial charge in [-0.25, -0.2) is 0 Å². The Hall–Kier alpha value is -0.680. The van der Waals surface area contributed by atoms with E-state index in [0.29, 0.717) is 13.2 Å². The summed E-state index contributed by atoms with van der Waals surface area (Å²) in [6.45, 7) is 7.24. The highest BCUT2D eigenvalue weighted by atomic mass is 16.6. The first kappa shape index (κ1) is 44.3. The lowest BCUT2D eigenvalue weighted by molar-refractivity contribution is -0.106. The molecule has 0 heterocycles. The van der Waals surface area contributed by atoms with Gasteiger partial charge in [0.25, 0.3) is 0 Å². The molecule has 0 radical (unpaired) electrons. The van der Waals surface area contributed by atoms with E-state index in [4.69, 9.17) is 15.2 Å². The maximum atomic E-state index is 6.64. The third-order valence-corrected chi connectivity index (χ3v) is 8.78. The van der Waals surface area contributed by atoms with Crippen molar-refractivity contribution in [2.75, 3.05) is 40.5 Å². The second-order valence-electron chi connectivity index (χ2n) is 14.1. The van der Waals surface area contributed by atoms with E-state index in [2.05, 4.69) is 57.1 Å². The summed E-state index contributed by atoms with van der Waals surface area (Å²) in [5.74, 6) is 0. The minimum atomic E-state index is -0.714. The van der Waals surface area contributed by atoms with Crippen LogP contribution < -0.4 is 5.73 Å². The highest BCUT2D eigenvalue weighted by molar-refractivity contribution is 4.82. The third kappa shape index (κ3) is 36.0. The van der Waals surface area contributed by atoms with E-state index in [-0.39, 0.29) is 0 Å². The van der Waals surface area contributed by atoms with Crippen molar-refractivity contribution in [1.29, 1.82) is 0 Å². The van der Waals surface area contributed by atoms with Crippen LogP contribution in [-0.4, -0.2) is 51.1 Å². The smallest absolute Gasteiger partial charge is 0.152 e. The number of rotatable bonds is 37. The van der Waals surface area contributed by atoms with E-state index < -0.39 is 5.72 Å². The Balaban J connectivity index is 3.65. The second-order valence-corrected chi connectivity index (χ2v) is 14.1. The Bertz CT molecular complexity index is 621. The zero-order valence-corrected chi connectivity index (χ0v) is 31.3. The maximum absolute atomic E-state index is 6.64. The molecule has 0 aromatic heterocycles. The van der Waals surface area contributed by atoms with E-state index >= 15 is 0 Å². The Labute approximate surface area is 283 Å². The van der Waals surface area contributed by atoms with Gasteiger partial charge in [0.1, 0.15) is 0 Å². The van der Waals surface area contributed by atoms with Gasteiger partial charge in [0.2, 0.25) is 0 Å². The molecule has 4 nitrogen and oxygen atoms in total. The topological polar surface area (TPSA) is 47.7 Å². The molecule has 45 heavy (non-hydrogen) atoms. The molecule has 0 amide bonds. The first-order valence-corrected chi connectivity index (χ1v) is 20.0. The molecule has 1 unspecified atom stereocenters. The largest absolute Gasteiger partial charge is 0.377 e. The first-order chi connectivity index (χ1) is 22.0. The van der Waals surface area contributed by atoms with E-state index in [1.165, 1.54) is 167 Å². The lowest BCUT2D eigenvalue weighted by atomic mass is 10.1. The summed E-state index contributed by atoms with van der Waals surface area (Å²) >= 11 is 0. The van der Waals surface area contributed by atoms with Gasteiger partial charge < -0.3 is 20.1 Å². The van der Waals surface area contributed by atoms with Crippen molar-refractivity contribution >= 4 is 0 Å². The van der Waals surface area contributed by atoms with Gasteiger partial charge in [-0.05, 0) is 78.3 Å². The Morgan fingerprint density at radius 3 is 1.18 bits per heavy atom. The number of likely N-dealkylation sites (N-methyl/N-ethyl adjacent to an activating group) is 1. The summed E-state index contributed by atoms with van der Waals surface area (Å²) in [5.41, 5.74) is 5.92. The minimum absolute atomic E-state index is 0.475. The van der Waals surface area contributed by atoms with Crippen LogP contribution in [-0.2, 0) is 9.47 Å². The number of hydrogen-bond donors (Lipinski definition) is 1. The molecule has 0 fully saturated rings. The van der Waals surface area contributed by atoms with Crippen LogP contribution in [0.3, 0.4) is 0 Å². The summed E-state index contributed by atoms with van der Waals surface area (Å²) in [4.78, 5) is 2.11. The van der Waals surface area contributed by atoms with Crippen molar-refractivity contribution in [3.8, 4) is 0 Å². The Morgan fingerprint density at radius 2 is 0.800 bits per heavy atom. The molecule has 0 bridgehead atoms. The second kappa shape index (κ2) is 36.2. The summed E-state index contributed by atoms with van der Waals surface area (Å²) in [5, 5.41) is 0. The van der Waals surface area contributed by atoms with Gasteiger partial charge in [-0.3, -0.25) is 0 Å². The number of unbranched alkanes of at least 4 members (excludes halogenated alkanes) is 24. The van der Waals surface area contributed by atoms with Crippen molar-refractivity contribution in [1.82, 2.24) is 4.90 Å². The number of nitrogens with two attached hydrogens (primary N) is 1. The van der Waals surface area contributed by atoms with Crippen LogP contribution in [0.2, 0.25) is 0 Å². The Kier molecular flexibility index (Phi) is 35.6. The predicted molar refractivity (Wildman–Crippen MR) is 201 cm³/mol. The van der Waals surface area contributed by atoms with Crippen LogP contribution >= 0.6 is 0 Å². The lowest BCUT2D eigenvalue weighted by Gasteiger charge is -2.32. The SMILES string of the molecule is CCCCCCCC/C=C\CCCCCCCCOCC(N)(CN(C)C)OCCCCCCCC/C=C\CCCCCCCC. The third-order valence-electron chi connectivity index (χ3n) is 8.78. The summed E-state index contributed by atoms with van der Waals surface area (Å²) in [6, 6.07) is 0. The summed E-state index contributed by atoms with van der Waals surface area (Å²) in [7, 11) is 4.11. The van der Waals surface area contributed by atoms with Gasteiger partial charge in [0.15, 0.2) is 5.72 Å². The van der Waals surface area contributed by atoms with Crippen LogP contribution in [0.15, 0.2) is 24.3 Å². The normalized spacial score (nSPS) is 13.6. The van der Waals surface area contributed by atoms with Crippen molar-refractivity contribution in [3.63, 3.8) is 0 Å². The van der Waals surface area contributed by atoms with E-state index in [0.717, 1.165) is 26.1 Å². The van der Waals surface area contributed by atoms with E-state index in [1.54, 1.807) is 0 Å². The molecule has 4 heteroatoms. The maximum Gasteiger partial charge on any atom is 0.152 e. The molecular formula is C41H82N2O2. The number of hydrogen-bond acceptors (Lipinski definition) is 4. The average molecular weight is 635 g/mol. The van der Waals surface area contributed by atoms with Crippen LogP contribution in [0.4, 0.5) is 0 Å². The Morgan fingerprint density at radius 1 is 0.467 bits per heavy atom. The fourth-order valence-corrected chi connectivity index (χ4v) is 5.99. The van der Waals surface area contributed by atoms with Crippen molar-refractivity contribution < 1.29 is 9.47 Å². The molecule has 0 aliphatic heterocycles. The zero-order chi connectivity index (χ0) is 32.9. The fourth-order valence-electron chi connectivity index (χ4n) is 5.99. The van der Waals surface area contributed by atoms with Crippen LogP contribution in [0.25, 0.3) is 0 Å². The monoisotopic (exact) mass is 635 g/mol. The summed E-state index contributed by atoms with van der Waals surface area (Å²) in [6.07, 6.45) is 46.7. The van der Waals surface area contributed by atoms with Crippen LogP contribution in [0.5, 0.6) is 0 Å². The lowest BCUT2D eigenvalue weighted by Crippen LogP contribution is -2.54. The van der Waals surface area contributed by atoms with Gasteiger partial charge in [-0.1, -0.05) is 154 Å². The van der Waals surface area contributed by atoms with Gasteiger partial charge >= 0.3 is 0 Å². The number of allylic oxidation sites excluding steroid dienone is 4. The van der Waals surface area contributed by atoms with Gasteiger partial charge in [-0.15, -0.1) is 0 Å². The molecule has 0 saturated carbocycles. The molecule has 0 spiro atoms. The van der Waals surface area contributed by atoms with E-state index in [1.807, 2.05) is 0 Å². The quantitative estimate of drug-likeness (QED) is 0.0419. The standard InChI is InChI=1S/C41H82N2O2/c1-5-7-9-11-13-15-17-19-21-23-25-27-29-31-33-35-37-44-40-41(42,39-43(3)4)45-38-36-34-32-30-28-26-24-22-20-18-16-14-12-10-8-6-2/h19-22H,5-18,23-40,42H2,1-4H3/b21-19-,22-20-. The molecule has 0 aliphatic carbocycles. The highest BCUT2D eigenvalue weighted by Gasteiger charge is 2.27. The molecular weight excluding hydrogens is 552 g/mol. The number of nitrogens with zero attached hydrogens (tertiary/aromatic N) is 1. The number of ether oxygens (including phenoxy) is 2. The van der Waals surface area contributed by atoms with Gasteiger partial charge in [0, 0.05) is 19.8 Å². The molecule has 0 rings (SSSR count). The highest BCUT2D eigenvalue weighted by Crippen LogP contribution is 2.14. The minimum Gasteiger partial charge on any atom is -0.377 e. The van der Waals surface area contributed by atoms with Crippen molar-refractivity contribution in [3.05, 3.63) is 24.3 Å². The summed E-state index contributed by atoms with van der Waals surface area (Å²) < 4.78 is 12.2. The fraction of sp³-hybridized carbons (Fsp3) is 0.902. The zero-order valence-electron chi connectivity index (χ0n) is 31.3. The molecule has 0 saturated heterocycles. The molecule has 1 atom stereocenters. The van der Waals surface area contributed by atoms with Crippen molar-refractivity contribution in [2.45, 2.75) is 199 Å². The van der Waals surface area contributed by atoms with Gasteiger partial charge in [-0.2, -0.15) is 0 Å². The molecule has 0 aliphatic rings. The molecule has 2 N–H and O–H groups in total. The molecule has 0 aromatic rings. The molecule has 268 valence electrons. The van der Waals surface area contributed by atoms with Crippen LogP contribution in [0.1, 0.15) is 194 Å². The van der Waals surface area contributed by atoms with Crippen LogP contribution in [0, 0.1) is 0 Å². The first-order valence-electron chi connectivity index (χ1n) is 20.0. The van der Waals surface area contributed by atoms with Crippen molar-refractivity contribution in [2.24, 2.45) is 5.73 Å². The van der Waals surface area contributed by atoms with Gasteiger partial charge in [0.05, 0.1) is 6.61 Å². The van der Waals surface area contributed by atoms with E-state index in [9.17, 15) is 0 Å². The predicted octanol–water partition coefficient (Wildman–Crippen LogP) is 12.3. The average Bonchev–Trinajstić information content (AvgIpc) is 3.01. The molecule has 0 aromatic carbocycles.